The summed E-state index contributed by atoms with van der Waals surface area (Å²) in [7, 11) is 1.74. The average Bonchev–Trinajstić information content (AvgIpc) is 2.37. The summed E-state index contributed by atoms with van der Waals surface area (Å²) >= 11 is 0. The number of hydrogen-bond donors (Lipinski definition) is 1. The number of halogens is 1. The van der Waals surface area contributed by atoms with Crippen LogP contribution in [-0.4, -0.2) is 36.3 Å². The van der Waals surface area contributed by atoms with Crippen LogP contribution < -0.4 is 5.32 Å². The highest BCUT2D eigenvalue weighted by atomic mass is 19.1. The molecular formula is C14H17FN2O2. The van der Waals surface area contributed by atoms with Crippen molar-refractivity contribution < 1.29 is 14.0 Å². The van der Waals surface area contributed by atoms with Gasteiger partial charge in [0.05, 0.1) is 6.42 Å². The lowest BCUT2D eigenvalue weighted by molar-refractivity contribution is -0.133. The summed E-state index contributed by atoms with van der Waals surface area (Å²) in [5.41, 5.74) is 0.777. The number of carbonyl (C=O) groups excluding carboxylic acids is 2. The third-order valence-electron chi connectivity index (χ3n) is 3.27. The van der Waals surface area contributed by atoms with Crippen LogP contribution in [0, 0.1) is 5.82 Å². The molecule has 0 radical (unpaired) electrons. The third kappa shape index (κ3) is 3.77. The maximum absolute atomic E-state index is 12.7. The summed E-state index contributed by atoms with van der Waals surface area (Å²) in [4.78, 5) is 24.8. The van der Waals surface area contributed by atoms with E-state index in [2.05, 4.69) is 5.32 Å². The van der Waals surface area contributed by atoms with Crippen molar-refractivity contribution in [1.29, 1.82) is 0 Å². The number of nitrogens with one attached hydrogen (secondary N) is 1. The van der Waals surface area contributed by atoms with Crippen LogP contribution in [0.4, 0.5) is 4.39 Å². The monoisotopic (exact) mass is 264 g/mol. The Morgan fingerprint density at radius 1 is 1.42 bits per heavy atom. The molecule has 0 saturated carbocycles. The molecule has 0 aliphatic carbocycles. The van der Waals surface area contributed by atoms with E-state index in [-0.39, 0.29) is 30.1 Å². The van der Waals surface area contributed by atoms with Crippen molar-refractivity contribution in [2.24, 2.45) is 0 Å². The van der Waals surface area contributed by atoms with Gasteiger partial charge < -0.3 is 10.2 Å². The van der Waals surface area contributed by atoms with Crippen molar-refractivity contribution in [3.63, 3.8) is 0 Å². The second-order valence-electron chi connectivity index (χ2n) is 4.88. The number of piperidine rings is 1. The Kier molecular flexibility index (Phi) is 4.14. The van der Waals surface area contributed by atoms with Crippen molar-refractivity contribution in [3.8, 4) is 0 Å². The maximum Gasteiger partial charge on any atom is 0.224 e. The van der Waals surface area contributed by atoms with Crippen LogP contribution in [0.5, 0.6) is 0 Å². The van der Waals surface area contributed by atoms with E-state index in [1.165, 1.54) is 12.1 Å². The standard InChI is InChI=1S/C14H17FN2O2/c1-17-9-12(6-7-14(17)19)16-13(18)8-10-2-4-11(15)5-3-10/h2-5,12H,6-9H2,1H3,(H,16,18)/t12-/m0/s1. The summed E-state index contributed by atoms with van der Waals surface area (Å²) < 4.78 is 12.7. The van der Waals surface area contributed by atoms with Crippen molar-refractivity contribution >= 4 is 11.8 Å². The summed E-state index contributed by atoms with van der Waals surface area (Å²) in [6, 6.07) is 5.90. The second kappa shape index (κ2) is 5.82. The first kappa shape index (κ1) is 13.5. The highest BCUT2D eigenvalue weighted by Gasteiger charge is 2.23. The lowest BCUT2D eigenvalue weighted by Gasteiger charge is -2.30. The number of likely N-dealkylation sites (tertiary alicyclic amines) is 1. The Hall–Kier alpha value is -1.91. The Balaban J connectivity index is 1.84. The van der Waals surface area contributed by atoms with E-state index in [4.69, 9.17) is 0 Å². The minimum absolute atomic E-state index is 0.00986. The molecule has 0 bridgehead atoms. The molecule has 0 aromatic heterocycles. The Morgan fingerprint density at radius 3 is 2.74 bits per heavy atom. The van der Waals surface area contributed by atoms with E-state index in [1.54, 1.807) is 24.1 Å². The van der Waals surface area contributed by atoms with Crippen LogP contribution in [0.25, 0.3) is 0 Å². The van der Waals surface area contributed by atoms with Crippen LogP contribution >= 0.6 is 0 Å². The molecule has 1 aromatic rings. The summed E-state index contributed by atoms with van der Waals surface area (Å²) in [6.07, 6.45) is 1.38. The number of benzene rings is 1. The Labute approximate surface area is 111 Å². The highest BCUT2D eigenvalue weighted by Crippen LogP contribution is 2.10. The van der Waals surface area contributed by atoms with Crippen LogP contribution in [-0.2, 0) is 16.0 Å². The molecule has 1 heterocycles. The van der Waals surface area contributed by atoms with Gasteiger partial charge in [-0.15, -0.1) is 0 Å². The summed E-state index contributed by atoms with van der Waals surface area (Å²) in [5, 5.41) is 2.91. The van der Waals surface area contributed by atoms with Gasteiger partial charge in [0.15, 0.2) is 0 Å². The van der Waals surface area contributed by atoms with Crippen molar-refractivity contribution in [1.82, 2.24) is 10.2 Å². The fraction of sp³-hybridized carbons (Fsp3) is 0.429. The first-order valence-corrected chi connectivity index (χ1v) is 6.32. The molecule has 1 fully saturated rings. The predicted octanol–water partition coefficient (Wildman–Crippen LogP) is 1.11. The van der Waals surface area contributed by atoms with Crippen LogP contribution in [0.2, 0.25) is 0 Å². The van der Waals surface area contributed by atoms with Crippen LogP contribution in [0.1, 0.15) is 18.4 Å². The molecule has 1 aliphatic rings. The molecule has 1 N–H and O–H groups in total. The van der Waals surface area contributed by atoms with E-state index in [0.29, 0.717) is 19.4 Å². The zero-order chi connectivity index (χ0) is 13.8. The SMILES string of the molecule is CN1C[C@@H](NC(=O)Cc2ccc(F)cc2)CCC1=O. The average molecular weight is 264 g/mol. The quantitative estimate of drug-likeness (QED) is 0.889. The van der Waals surface area contributed by atoms with Crippen molar-refractivity contribution in [3.05, 3.63) is 35.6 Å². The molecular weight excluding hydrogens is 247 g/mol. The van der Waals surface area contributed by atoms with E-state index < -0.39 is 0 Å². The van der Waals surface area contributed by atoms with Gasteiger partial charge in [0.2, 0.25) is 11.8 Å². The maximum atomic E-state index is 12.7. The molecule has 2 rings (SSSR count). The number of carbonyl (C=O) groups is 2. The fourth-order valence-electron chi connectivity index (χ4n) is 2.20. The molecule has 102 valence electrons. The normalized spacial score (nSPS) is 19.4. The smallest absolute Gasteiger partial charge is 0.224 e. The second-order valence-corrected chi connectivity index (χ2v) is 4.88. The van der Waals surface area contributed by atoms with Gasteiger partial charge in [0, 0.05) is 26.1 Å². The molecule has 1 aliphatic heterocycles. The van der Waals surface area contributed by atoms with Gasteiger partial charge in [0.1, 0.15) is 5.82 Å². The molecule has 1 aromatic carbocycles. The molecule has 1 saturated heterocycles. The molecule has 0 unspecified atom stereocenters. The molecule has 5 heteroatoms. The highest BCUT2D eigenvalue weighted by molar-refractivity contribution is 5.80. The number of rotatable bonds is 3. The molecule has 1 atom stereocenters. The minimum atomic E-state index is -0.309. The van der Waals surface area contributed by atoms with Gasteiger partial charge in [-0.1, -0.05) is 12.1 Å². The van der Waals surface area contributed by atoms with E-state index in [0.717, 1.165) is 5.56 Å². The van der Waals surface area contributed by atoms with Crippen molar-refractivity contribution in [2.75, 3.05) is 13.6 Å². The molecule has 19 heavy (non-hydrogen) atoms. The van der Waals surface area contributed by atoms with Gasteiger partial charge in [-0.3, -0.25) is 9.59 Å². The van der Waals surface area contributed by atoms with Crippen LogP contribution in [0.15, 0.2) is 24.3 Å². The molecule has 2 amide bonds. The minimum Gasteiger partial charge on any atom is -0.351 e. The number of amides is 2. The third-order valence-corrected chi connectivity index (χ3v) is 3.27. The molecule has 0 spiro atoms. The van der Waals surface area contributed by atoms with Crippen LogP contribution in [0.3, 0.4) is 0 Å². The number of nitrogens with zero attached hydrogens (tertiary/aromatic N) is 1. The first-order valence-electron chi connectivity index (χ1n) is 6.32. The summed E-state index contributed by atoms with van der Waals surface area (Å²) in [6.45, 7) is 0.550. The van der Waals surface area contributed by atoms with Gasteiger partial charge in [0.25, 0.3) is 0 Å². The Bertz CT molecular complexity index is 473. The largest absolute Gasteiger partial charge is 0.351 e. The van der Waals surface area contributed by atoms with Gasteiger partial charge in [-0.05, 0) is 24.1 Å². The fourth-order valence-corrected chi connectivity index (χ4v) is 2.20. The van der Waals surface area contributed by atoms with E-state index >= 15 is 0 Å². The van der Waals surface area contributed by atoms with Gasteiger partial charge in [-0.2, -0.15) is 0 Å². The zero-order valence-corrected chi connectivity index (χ0v) is 10.9. The van der Waals surface area contributed by atoms with Gasteiger partial charge >= 0.3 is 0 Å². The van der Waals surface area contributed by atoms with Gasteiger partial charge in [-0.25, -0.2) is 4.39 Å². The lowest BCUT2D eigenvalue weighted by atomic mass is 10.0. The van der Waals surface area contributed by atoms with Crippen molar-refractivity contribution in [2.45, 2.75) is 25.3 Å². The van der Waals surface area contributed by atoms with E-state index in [9.17, 15) is 14.0 Å². The topological polar surface area (TPSA) is 49.4 Å². The predicted molar refractivity (Wildman–Crippen MR) is 68.9 cm³/mol. The number of hydrogen-bond acceptors (Lipinski definition) is 2. The Morgan fingerprint density at radius 2 is 2.11 bits per heavy atom. The molecule has 4 nitrogen and oxygen atoms in total. The van der Waals surface area contributed by atoms with E-state index in [1.807, 2.05) is 0 Å². The summed E-state index contributed by atoms with van der Waals surface area (Å²) in [5.74, 6) is -0.292. The first-order chi connectivity index (χ1) is 9.04. The zero-order valence-electron chi connectivity index (χ0n) is 10.9. The lowest BCUT2D eigenvalue weighted by Crippen LogP contribution is -2.48. The number of likely N-dealkylation sites (N-methyl/N-ethyl adjacent to an activating group) is 1.